The largest absolute Gasteiger partial charge is 0.497 e. The third-order valence-corrected chi connectivity index (χ3v) is 8.82. The lowest BCUT2D eigenvalue weighted by atomic mass is 10.0. The highest BCUT2D eigenvalue weighted by atomic mass is 32.2. The number of nitrogens with zero attached hydrogens (tertiary/aromatic N) is 2. The molecule has 2 aliphatic heterocycles. The summed E-state index contributed by atoms with van der Waals surface area (Å²) in [4.78, 5) is 14.6. The molecule has 2 aromatic rings. The molecule has 1 amide bonds. The Morgan fingerprint density at radius 2 is 1.86 bits per heavy atom. The predicted molar refractivity (Wildman–Crippen MR) is 106 cm³/mol. The van der Waals surface area contributed by atoms with Gasteiger partial charge >= 0.3 is 0 Å². The van der Waals surface area contributed by atoms with Gasteiger partial charge in [-0.25, -0.2) is 8.42 Å². The summed E-state index contributed by atoms with van der Waals surface area (Å²) in [5.74, 6) is 1.67. The number of thioether (sulfide) groups is 1. The molecule has 3 heterocycles. The minimum Gasteiger partial charge on any atom is -0.497 e. The van der Waals surface area contributed by atoms with Crippen LogP contribution in [-0.4, -0.2) is 60.9 Å². The Hall–Kier alpha value is -1.97. The van der Waals surface area contributed by atoms with Gasteiger partial charge in [0, 0.05) is 25.4 Å². The number of hydrogen-bond acceptors (Lipinski definition) is 6. The molecule has 0 unspecified atom stereocenters. The predicted octanol–water partition coefficient (Wildman–Crippen LogP) is 2.66. The van der Waals surface area contributed by atoms with Crippen molar-refractivity contribution in [1.29, 1.82) is 0 Å². The van der Waals surface area contributed by atoms with Gasteiger partial charge in [0.05, 0.1) is 23.1 Å². The molecule has 0 saturated carbocycles. The van der Waals surface area contributed by atoms with Crippen molar-refractivity contribution < 1.29 is 22.4 Å². The topological polar surface area (TPSA) is 80.1 Å². The van der Waals surface area contributed by atoms with Gasteiger partial charge in [-0.3, -0.25) is 4.79 Å². The second kappa shape index (κ2) is 7.46. The van der Waals surface area contributed by atoms with E-state index >= 15 is 0 Å². The second-order valence-electron chi connectivity index (χ2n) is 6.81. The molecule has 150 valence electrons. The van der Waals surface area contributed by atoms with Crippen LogP contribution in [0.15, 0.2) is 52.0 Å². The lowest BCUT2D eigenvalue weighted by Gasteiger charge is -2.43. The zero-order valence-corrected chi connectivity index (χ0v) is 17.2. The number of ether oxygens (including phenoxy) is 1. The second-order valence-corrected chi connectivity index (χ2v) is 10.2. The van der Waals surface area contributed by atoms with Crippen molar-refractivity contribution in [3.8, 4) is 5.75 Å². The molecule has 2 aliphatic rings. The lowest BCUT2D eigenvalue weighted by molar-refractivity contribution is 0.0573. The van der Waals surface area contributed by atoms with Crippen LogP contribution in [0.2, 0.25) is 0 Å². The van der Waals surface area contributed by atoms with Gasteiger partial charge in [0.25, 0.3) is 5.91 Å². The monoisotopic (exact) mass is 422 g/mol. The standard InChI is InChI=1S/C19H22N2O5S2/c1-25-15-4-6-16(7-5-15)28(23,24)20-10-8-19(9-11-20)21(12-14-27-19)18(22)17-3-2-13-26-17/h2-7,13H,8-12,14H2,1H3. The fourth-order valence-electron chi connectivity index (χ4n) is 3.82. The maximum Gasteiger partial charge on any atom is 0.290 e. The quantitative estimate of drug-likeness (QED) is 0.754. The number of benzene rings is 1. The molecule has 0 bridgehead atoms. The van der Waals surface area contributed by atoms with Gasteiger partial charge in [0.1, 0.15) is 5.75 Å². The number of hydrogen-bond donors (Lipinski definition) is 0. The van der Waals surface area contributed by atoms with Gasteiger partial charge in [-0.2, -0.15) is 4.31 Å². The van der Waals surface area contributed by atoms with Crippen LogP contribution in [0.3, 0.4) is 0 Å². The first-order chi connectivity index (χ1) is 13.5. The summed E-state index contributed by atoms with van der Waals surface area (Å²) in [5, 5.41) is 0. The van der Waals surface area contributed by atoms with Gasteiger partial charge < -0.3 is 14.1 Å². The Morgan fingerprint density at radius 1 is 1.14 bits per heavy atom. The zero-order valence-electron chi connectivity index (χ0n) is 15.5. The van der Waals surface area contributed by atoms with Crippen molar-refractivity contribution in [1.82, 2.24) is 9.21 Å². The Morgan fingerprint density at radius 3 is 2.46 bits per heavy atom. The minimum atomic E-state index is -3.57. The molecule has 1 aromatic heterocycles. The summed E-state index contributed by atoms with van der Waals surface area (Å²) >= 11 is 1.74. The summed E-state index contributed by atoms with van der Waals surface area (Å²) in [5.41, 5.74) is 0. The Labute approximate surface area is 168 Å². The molecule has 1 spiro atoms. The zero-order chi connectivity index (χ0) is 19.8. The Kier molecular flexibility index (Phi) is 5.15. The maximum absolute atomic E-state index is 13.0. The van der Waals surface area contributed by atoms with Crippen LogP contribution in [0.5, 0.6) is 5.75 Å². The van der Waals surface area contributed by atoms with Crippen LogP contribution in [0.25, 0.3) is 0 Å². The molecule has 0 N–H and O–H groups in total. The SMILES string of the molecule is COc1ccc(S(=O)(=O)N2CCC3(CC2)SCCN3C(=O)c2ccco2)cc1. The van der Waals surface area contributed by atoms with Crippen molar-refractivity contribution in [2.24, 2.45) is 0 Å². The van der Waals surface area contributed by atoms with E-state index in [1.54, 1.807) is 55.3 Å². The summed E-state index contributed by atoms with van der Waals surface area (Å²) < 4.78 is 37.8. The van der Waals surface area contributed by atoms with Crippen molar-refractivity contribution in [3.05, 3.63) is 48.4 Å². The first-order valence-electron chi connectivity index (χ1n) is 9.10. The number of sulfonamides is 1. The fourth-order valence-corrected chi connectivity index (χ4v) is 6.71. The van der Waals surface area contributed by atoms with Crippen LogP contribution in [-0.2, 0) is 10.0 Å². The van der Waals surface area contributed by atoms with Crippen molar-refractivity contribution >= 4 is 27.7 Å². The highest BCUT2D eigenvalue weighted by Crippen LogP contribution is 2.45. The molecule has 2 saturated heterocycles. The van der Waals surface area contributed by atoms with E-state index in [-0.39, 0.29) is 15.7 Å². The minimum absolute atomic E-state index is 0.124. The van der Waals surface area contributed by atoms with Gasteiger partial charge in [-0.15, -0.1) is 11.8 Å². The molecule has 0 atom stereocenters. The van der Waals surface area contributed by atoms with E-state index in [4.69, 9.17) is 9.15 Å². The van der Waals surface area contributed by atoms with Crippen LogP contribution >= 0.6 is 11.8 Å². The number of methoxy groups -OCH3 is 1. The molecule has 0 radical (unpaired) electrons. The first kappa shape index (κ1) is 19.4. The van der Waals surface area contributed by atoms with Crippen LogP contribution < -0.4 is 4.74 Å². The molecule has 1 aromatic carbocycles. The van der Waals surface area contributed by atoms with E-state index in [9.17, 15) is 13.2 Å². The smallest absolute Gasteiger partial charge is 0.290 e. The average molecular weight is 423 g/mol. The normalized spacial score (nSPS) is 19.8. The summed E-state index contributed by atoms with van der Waals surface area (Å²) in [6.45, 7) is 1.40. The van der Waals surface area contributed by atoms with Crippen LogP contribution in [0.4, 0.5) is 0 Å². The number of furan rings is 1. The number of carbonyl (C=O) groups is 1. The molecular formula is C19H22N2O5S2. The van der Waals surface area contributed by atoms with E-state index in [1.165, 1.54) is 10.6 Å². The highest BCUT2D eigenvalue weighted by Gasteiger charge is 2.48. The summed E-state index contributed by atoms with van der Waals surface area (Å²) in [7, 11) is -2.02. The molecule has 7 nitrogen and oxygen atoms in total. The van der Waals surface area contributed by atoms with Gasteiger partial charge in [0.15, 0.2) is 5.76 Å². The molecule has 9 heteroatoms. The van der Waals surface area contributed by atoms with Crippen LogP contribution in [0.1, 0.15) is 23.4 Å². The molecular weight excluding hydrogens is 400 g/mol. The molecule has 4 rings (SSSR count). The van der Waals surface area contributed by atoms with Gasteiger partial charge in [-0.1, -0.05) is 0 Å². The fraction of sp³-hybridized carbons (Fsp3) is 0.421. The third-order valence-electron chi connectivity index (χ3n) is 5.36. The van der Waals surface area contributed by atoms with E-state index in [2.05, 4.69) is 0 Å². The molecule has 2 fully saturated rings. The molecule has 28 heavy (non-hydrogen) atoms. The lowest BCUT2D eigenvalue weighted by Crippen LogP contribution is -2.53. The van der Waals surface area contributed by atoms with E-state index in [0.29, 0.717) is 44.0 Å². The average Bonchev–Trinajstić information content (AvgIpc) is 3.39. The molecule has 0 aliphatic carbocycles. The first-order valence-corrected chi connectivity index (χ1v) is 11.5. The number of amides is 1. The number of rotatable bonds is 4. The Bertz CT molecular complexity index is 933. The van der Waals surface area contributed by atoms with Crippen LogP contribution in [0, 0.1) is 0 Å². The number of piperidine rings is 1. The van der Waals surface area contributed by atoms with Gasteiger partial charge in [-0.05, 0) is 49.2 Å². The van der Waals surface area contributed by atoms with Gasteiger partial charge in [0.2, 0.25) is 10.0 Å². The van der Waals surface area contributed by atoms with Crippen molar-refractivity contribution in [2.45, 2.75) is 22.6 Å². The number of carbonyl (C=O) groups excluding carboxylic acids is 1. The van der Waals surface area contributed by atoms with E-state index < -0.39 is 10.0 Å². The third kappa shape index (κ3) is 3.31. The van der Waals surface area contributed by atoms with Crippen molar-refractivity contribution in [2.75, 3.05) is 32.5 Å². The van der Waals surface area contributed by atoms with E-state index in [0.717, 1.165) is 5.75 Å². The summed E-state index contributed by atoms with van der Waals surface area (Å²) in [6, 6.07) is 9.80. The van der Waals surface area contributed by atoms with Crippen molar-refractivity contribution in [3.63, 3.8) is 0 Å². The van der Waals surface area contributed by atoms with E-state index in [1.807, 2.05) is 4.90 Å². The Balaban J connectivity index is 1.49. The summed E-state index contributed by atoms with van der Waals surface area (Å²) in [6.07, 6.45) is 2.69. The highest BCUT2D eigenvalue weighted by molar-refractivity contribution is 8.00. The maximum atomic E-state index is 13.0.